The molecule has 0 aliphatic heterocycles. The first kappa shape index (κ1) is 15.8. The molecule has 3 aromatic rings. The van der Waals surface area contributed by atoms with Crippen LogP contribution in [0.5, 0.6) is 0 Å². The average molecular weight is 348 g/mol. The molecule has 23 heavy (non-hydrogen) atoms. The third-order valence-corrected chi connectivity index (χ3v) is 5.32. The molecular weight excluding hydrogens is 332 g/mol. The number of hydrogen-bond donors (Lipinski definition) is 0. The number of rotatable bonds is 4. The molecule has 8 heteroatoms. The van der Waals surface area contributed by atoms with Crippen LogP contribution in [0.2, 0.25) is 0 Å². The molecule has 0 saturated heterocycles. The summed E-state index contributed by atoms with van der Waals surface area (Å²) >= 11 is 1.46. The van der Waals surface area contributed by atoms with Gasteiger partial charge >= 0.3 is 0 Å². The van der Waals surface area contributed by atoms with Gasteiger partial charge in [-0.25, -0.2) is 17.9 Å². The van der Waals surface area contributed by atoms with Crippen LogP contribution in [0.25, 0.3) is 16.8 Å². The van der Waals surface area contributed by atoms with Crippen molar-refractivity contribution in [2.75, 3.05) is 23.9 Å². The molecule has 0 radical (unpaired) electrons. The summed E-state index contributed by atoms with van der Waals surface area (Å²) < 4.78 is 26.9. The Labute approximate surface area is 139 Å². The lowest BCUT2D eigenvalue weighted by Gasteiger charge is -2.20. The Morgan fingerprint density at radius 3 is 2.61 bits per heavy atom. The summed E-state index contributed by atoms with van der Waals surface area (Å²) in [6.45, 7) is 0. The van der Waals surface area contributed by atoms with Crippen LogP contribution in [0, 0.1) is 0 Å². The minimum Gasteiger partial charge on any atom is -0.273 e. The van der Waals surface area contributed by atoms with Crippen LogP contribution in [-0.4, -0.2) is 42.6 Å². The Kier molecular flexibility index (Phi) is 4.03. The van der Waals surface area contributed by atoms with Crippen molar-refractivity contribution in [3.8, 4) is 11.3 Å². The number of nitrogens with zero attached hydrogens (tertiary/aromatic N) is 4. The Morgan fingerprint density at radius 2 is 1.91 bits per heavy atom. The molecule has 0 aliphatic rings. The van der Waals surface area contributed by atoms with Gasteiger partial charge in [-0.1, -0.05) is 30.0 Å². The molecule has 3 rings (SSSR count). The lowest BCUT2D eigenvalue weighted by Crippen LogP contribution is -2.25. The quantitative estimate of drug-likeness (QED) is 0.678. The first-order chi connectivity index (χ1) is 10.9. The van der Waals surface area contributed by atoms with Crippen molar-refractivity contribution in [3.05, 3.63) is 42.6 Å². The highest BCUT2D eigenvalue weighted by Gasteiger charge is 2.18. The fourth-order valence-corrected chi connectivity index (χ4v) is 3.17. The molecule has 0 N–H and O–H groups in total. The smallest absolute Gasteiger partial charge is 0.232 e. The monoisotopic (exact) mass is 348 g/mol. The van der Waals surface area contributed by atoms with E-state index >= 15 is 0 Å². The van der Waals surface area contributed by atoms with Crippen LogP contribution in [-0.2, 0) is 10.0 Å². The van der Waals surface area contributed by atoms with Crippen LogP contribution in [0.15, 0.2) is 47.8 Å². The second-order valence-corrected chi connectivity index (χ2v) is 7.83. The van der Waals surface area contributed by atoms with E-state index in [1.807, 2.05) is 36.6 Å². The van der Waals surface area contributed by atoms with E-state index in [9.17, 15) is 8.42 Å². The van der Waals surface area contributed by atoms with Crippen LogP contribution < -0.4 is 4.31 Å². The number of benzene rings is 1. The number of fused-ring (bicyclic) bond motifs is 1. The Hall–Kier alpha value is -2.06. The SMILES string of the molecule is CSc1ncc2ccc(-c3ccccc3N(C)S(C)(=O)=O)n2n1. The molecule has 0 fully saturated rings. The predicted octanol–water partition coefficient (Wildman–Crippen LogP) is 2.51. The first-order valence-corrected chi connectivity index (χ1v) is 9.91. The normalized spacial score (nSPS) is 11.8. The summed E-state index contributed by atoms with van der Waals surface area (Å²) in [6, 6.07) is 11.2. The molecule has 2 heterocycles. The number of sulfonamides is 1. The predicted molar refractivity (Wildman–Crippen MR) is 93.5 cm³/mol. The molecule has 0 unspecified atom stereocenters. The maximum Gasteiger partial charge on any atom is 0.232 e. The van der Waals surface area contributed by atoms with Gasteiger partial charge in [-0.3, -0.25) is 4.31 Å². The van der Waals surface area contributed by atoms with E-state index in [-0.39, 0.29) is 0 Å². The molecule has 120 valence electrons. The number of thioether (sulfide) groups is 1. The van der Waals surface area contributed by atoms with Gasteiger partial charge in [-0.2, -0.15) is 0 Å². The van der Waals surface area contributed by atoms with Gasteiger partial charge in [-0.15, -0.1) is 5.10 Å². The van der Waals surface area contributed by atoms with Gasteiger partial charge in [0, 0.05) is 12.6 Å². The van der Waals surface area contributed by atoms with Gasteiger partial charge in [0.25, 0.3) is 0 Å². The van der Waals surface area contributed by atoms with Crippen molar-refractivity contribution in [3.63, 3.8) is 0 Å². The molecule has 0 bridgehead atoms. The van der Waals surface area contributed by atoms with Crippen LogP contribution in [0.1, 0.15) is 0 Å². The fourth-order valence-electron chi connectivity index (χ4n) is 2.33. The van der Waals surface area contributed by atoms with Crippen LogP contribution in [0.4, 0.5) is 5.69 Å². The van der Waals surface area contributed by atoms with Gasteiger partial charge in [0.2, 0.25) is 15.2 Å². The lowest BCUT2D eigenvalue weighted by atomic mass is 10.1. The van der Waals surface area contributed by atoms with Crippen molar-refractivity contribution >= 4 is 33.0 Å². The van der Waals surface area contributed by atoms with E-state index in [4.69, 9.17) is 0 Å². The first-order valence-electron chi connectivity index (χ1n) is 6.84. The molecule has 0 aliphatic carbocycles. The van der Waals surface area contributed by atoms with E-state index in [2.05, 4.69) is 10.1 Å². The molecule has 0 spiro atoms. The topological polar surface area (TPSA) is 67.6 Å². The van der Waals surface area contributed by atoms with Crippen molar-refractivity contribution < 1.29 is 8.42 Å². The zero-order valence-corrected chi connectivity index (χ0v) is 14.6. The Balaban J connectivity index is 2.24. The van der Waals surface area contributed by atoms with E-state index in [0.717, 1.165) is 16.8 Å². The summed E-state index contributed by atoms with van der Waals surface area (Å²) in [6.07, 6.45) is 4.86. The summed E-state index contributed by atoms with van der Waals surface area (Å²) in [7, 11) is -1.80. The third-order valence-electron chi connectivity index (χ3n) is 3.58. The fraction of sp³-hybridized carbons (Fsp3) is 0.200. The zero-order chi connectivity index (χ0) is 16.6. The van der Waals surface area contributed by atoms with E-state index in [1.165, 1.54) is 22.3 Å². The number of anilines is 1. The second kappa shape index (κ2) is 5.86. The van der Waals surface area contributed by atoms with Crippen molar-refractivity contribution in [2.45, 2.75) is 5.16 Å². The van der Waals surface area contributed by atoms with Gasteiger partial charge in [0.1, 0.15) is 0 Å². The van der Waals surface area contributed by atoms with Crippen molar-refractivity contribution in [2.24, 2.45) is 0 Å². The highest BCUT2D eigenvalue weighted by Crippen LogP contribution is 2.32. The van der Waals surface area contributed by atoms with E-state index in [1.54, 1.807) is 23.8 Å². The molecule has 1 aromatic carbocycles. The van der Waals surface area contributed by atoms with Crippen LogP contribution >= 0.6 is 11.8 Å². The average Bonchev–Trinajstić information content (AvgIpc) is 2.96. The third kappa shape index (κ3) is 2.91. The molecular formula is C15H16N4O2S2. The molecule has 0 atom stereocenters. The number of aromatic nitrogens is 3. The molecule has 2 aromatic heterocycles. The highest BCUT2D eigenvalue weighted by atomic mass is 32.2. The van der Waals surface area contributed by atoms with E-state index in [0.29, 0.717) is 10.8 Å². The Morgan fingerprint density at radius 1 is 1.17 bits per heavy atom. The maximum absolute atomic E-state index is 11.9. The summed E-state index contributed by atoms with van der Waals surface area (Å²) in [5, 5.41) is 5.15. The largest absolute Gasteiger partial charge is 0.273 e. The zero-order valence-electron chi connectivity index (χ0n) is 13.0. The molecule has 6 nitrogen and oxygen atoms in total. The molecule has 0 amide bonds. The summed E-state index contributed by atoms with van der Waals surface area (Å²) in [4.78, 5) is 4.25. The minimum atomic E-state index is -3.35. The van der Waals surface area contributed by atoms with Crippen molar-refractivity contribution in [1.29, 1.82) is 0 Å². The maximum atomic E-state index is 11.9. The van der Waals surface area contributed by atoms with Gasteiger partial charge < -0.3 is 0 Å². The van der Waals surface area contributed by atoms with E-state index < -0.39 is 10.0 Å². The number of hydrogen-bond acceptors (Lipinski definition) is 5. The molecule has 0 saturated carbocycles. The van der Waals surface area contributed by atoms with Gasteiger partial charge in [0.05, 0.1) is 29.4 Å². The summed E-state index contributed by atoms with van der Waals surface area (Å²) in [5.41, 5.74) is 3.09. The van der Waals surface area contributed by atoms with Gasteiger partial charge in [-0.05, 0) is 24.5 Å². The number of para-hydroxylation sites is 1. The Bertz CT molecular complexity index is 967. The van der Waals surface area contributed by atoms with Crippen molar-refractivity contribution in [1.82, 2.24) is 14.6 Å². The standard InChI is InChI=1S/C15H16N4O2S2/c1-18(23(3,20)21)13-7-5-4-6-12(13)14-9-8-11-10-16-15(22-2)17-19(11)14/h4-10H,1-3H3. The highest BCUT2D eigenvalue weighted by molar-refractivity contribution is 7.98. The minimum absolute atomic E-state index is 0.610. The summed E-state index contributed by atoms with van der Waals surface area (Å²) in [5.74, 6) is 0. The lowest BCUT2D eigenvalue weighted by molar-refractivity contribution is 0.600. The van der Waals surface area contributed by atoms with Crippen LogP contribution in [0.3, 0.4) is 0 Å². The van der Waals surface area contributed by atoms with Gasteiger partial charge in [0.15, 0.2) is 0 Å². The second-order valence-electron chi connectivity index (χ2n) is 5.05.